The molecule has 0 bridgehead atoms. The van der Waals surface area contributed by atoms with E-state index in [0.29, 0.717) is 16.7 Å². The maximum absolute atomic E-state index is 13.2. The molecule has 0 fully saturated rings. The summed E-state index contributed by atoms with van der Waals surface area (Å²) in [5, 5.41) is 0. The Bertz CT molecular complexity index is 815. The van der Waals surface area contributed by atoms with Crippen LogP contribution in [0, 0.1) is 0 Å². The van der Waals surface area contributed by atoms with E-state index < -0.39 is 42.0 Å². The molecule has 5 nitrogen and oxygen atoms in total. The van der Waals surface area contributed by atoms with Gasteiger partial charge in [0.15, 0.2) is 0 Å². The number of carbonyl (C=O) groups excluding carboxylic acids is 1. The summed E-state index contributed by atoms with van der Waals surface area (Å²) in [6.45, 7) is -0.703. The van der Waals surface area contributed by atoms with Gasteiger partial charge in [-0.2, -0.15) is 26.3 Å². The summed E-state index contributed by atoms with van der Waals surface area (Å²) in [6, 6.07) is 1.19. The Hall–Kier alpha value is -1.98. The Morgan fingerprint density at radius 1 is 1.24 bits per heavy atom. The lowest BCUT2D eigenvalue weighted by Crippen LogP contribution is -2.30. The molecule has 138 valence electrons. The van der Waals surface area contributed by atoms with Gasteiger partial charge in [-0.1, -0.05) is 0 Å². The Morgan fingerprint density at radius 3 is 2.32 bits per heavy atom. The van der Waals surface area contributed by atoms with E-state index >= 15 is 0 Å². The smallest absolute Gasteiger partial charge is 0.449 e. The molecule has 12 heteroatoms. The molecule has 0 spiro atoms. The first-order valence-corrected chi connectivity index (χ1v) is 7.28. The summed E-state index contributed by atoms with van der Waals surface area (Å²) in [7, 11) is 2.16. The average Bonchev–Trinajstić information content (AvgIpc) is 2.85. The van der Waals surface area contributed by atoms with Crippen LogP contribution in [0.4, 0.5) is 31.1 Å². The number of imidazole rings is 1. The highest BCUT2D eigenvalue weighted by Crippen LogP contribution is 2.38. The number of fused-ring (bicyclic) bond motifs is 1. The average molecular weight is 434 g/mol. The molecule has 0 aliphatic carbocycles. The molecule has 0 unspecified atom stereocenters. The lowest BCUT2D eigenvalue weighted by Gasteiger charge is -2.19. The summed E-state index contributed by atoms with van der Waals surface area (Å²) in [4.78, 5) is 15.6. The van der Waals surface area contributed by atoms with Crippen LogP contribution in [0.2, 0.25) is 0 Å². The molecule has 1 aromatic carbocycles. The second kappa shape index (κ2) is 6.39. The van der Waals surface area contributed by atoms with Crippen LogP contribution in [-0.4, -0.2) is 34.7 Å². The van der Waals surface area contributed by atoms with Crippen molar-refractivity contribution in [2.24, 2.45) is 0 Å². The van der Waals surface area contributed by atoms with Crippen molar-refractivity contribution >= 4 is 33.1 Å². The summed E-state index contributed by atoms with van der Waals surface area (Å²) in [5.41, 5.74) is -1.88. The number of nitrogens with zero attached hydrogens (tertiary/aromatic N) is 3. The van der Waals surface area contributed by atoms with E-state index in [1.54, 1.807) is 0 Å². The Kier molecular flexibility index (Phi) is 4.94. The fourth-order valence-corrected chi connectivity index (χ4v) is 2.67. The molecular weight excluding hydrogens is 424 g/mol. The highest BCUT2D eigenvalue weighted by atomic mass is 79.9. The molecule has 1 heterocycles. The number of ether oxygens (including phenoxy) is 1. The Labute approximate surface area is 145 Å². The summed E-state index contributed by atoms with van der Waals surface area (Å²) < 4.78 is 83.2. The highest BCUT2D eigenvalue weighted by Gasteiger charge is 2.39. The maximum atomic E-state index is 13.2. The zero-order chi connectivity index (χ0) is 19.2. The van der Waals surface area contributed by atoms with Gasteiger partial charge >= 0.3 is 18.4 Å². The van der Waals surface area contributed by atoms with Crippen LogP contribution in [0.25, 0.3) is 11.0 Å². The lowest BCUT2D eigenvalue weighted by atomic mass is 10.2. The molecule has 1 amide bonds. The van der Waals surface area contributed by atoms with Crippen LogP contribution in [0.3, 0.4) is 0 Å². The number of hydrogen-bond donors (Lipinski definition) is 0. The minimum atomic E-state index is -4.94. The van der Waals surface area contributed by atoms with E-state index in [1.807, 2.05) is 0 Å². The number of rotatable bonds is 2. The van der Waals surface area contributed by atoms with Gasteiger partial charge in [-0.3, -0.25) is 4.90 Å². The van der Waals surface area contributed by atoms with Gasteiger partial charge in [0.05, 0.1) is 18.2 Å². The van der Waals surface area contributed by atoms with Gasteiger partial charge < -0.3 is 9.30 Å². The van der Waals surface area contributed by atoms with Crippen molar-refractivity contribution < 1.29 is 35.9 Å². The van der Waals surface area contributed by atoms with E-state index in [4.69, 9.17) is 0 Å². The minimum Gasteiger partial charge on any atom is -0.453 e. The molecule has 0 aliphatic rings. The molecular formula is C13H10BrF6N3O2. The van der Waals surface area contributed by atoms with E-state index in [1.165, 1.54) is 0 Å². The van der Waals surface area contributed by atoms with Gasteiger partial charge in [-0.05, 0) is 28.1 Å². The fourth-order valence-electron chi connectivity index (χ4n) is 2.13. The van der Waals surface area contributed by atoms with Crippen molar-refractivity contribution in [3.8, 4) is 0 Å². The van der Waals surface area contributed by atoms with E-state index in [2.05, 4.69) is 25.7 Å². The number of hydrogen-bond acceptors (Lipinski definition) is 3. The van der Waals surface area contributed by atoms with Crippen molar-refractivity contribution in [2.45, 2.75) is 19.0 Å². The van der Waals surface area contributed by atoms with Gasteiger partial charge in [0.25, 0.3) is 0 Å². The zero-order valence-electron chi connectivity index (χ0n) is 12.7. The topological polar surface area (TPSA) is 47.4 Å². The first-order valence-electron chi connectivity index (χ1n) is 6.49. The molecule has 0 saturated carbocycles. The standard InChI is InChI=1S/C13H10BrF6N3O2/c1-22(11(24)25-2)5-23-8-4-6(12(15,16)17)3-7(14)9(8)21-10(23)13(18,19)20/h3-4H,5H2,1-2H3. The zero-order valence-corrected chi connectivity index (χ0v) is 14.3. The maximum Gasteiger partial charge on any atom is 0.449 e. The number of halogens is 7. The molecule has 2 rings (SSSR count). The first-order chi connectivity index (χ1) is 11.4. The molecule has 0 aliphatic heterocycles. The summed E-state index contributed by atoms with van der Waals surface area (Å²) >= 11 is 2.81. The number of carbonyl (C=O) groups is 1. The quantitative estimate of drug-likeness (QED) is 0.655. The third-order valence-electron chi connectivity index (χ3n) is 3.23. The van der Waals surface area contributed by atoms with E-state index in [-0.39, 0.29) is 9.99 Å². The largest absolute Gasteiger partial charge is 0.453 e. The van der Waals surface area contributed by atoms with Crippen LogP contribution >= 0.6 is 15.9 Å². The number of benzene rings is 1. The normalized spacial score (nSPS) is 12.5. The van der Waals surface area contributed by atoms with Gasteiger partial charge in [0.2, 0.25) is 5.82 Å². The third-order valence-corrected chi connectivity index (χ3v) is 3.83. The van der Waals surface area contributed by atoms with Crippen LogP contribution in [0.5, 0.6) is 0 Å². The molecule has 0 radical (unpaired) electrons. The van der Waals surface area contributed by atoms with Gasteiger partial charge in [0, 0.05) is 11.5 Å². The van der Waals surface area contributed by atoms with Crippen molar-refractivity contribution in [3.05, 3.63) is 28.0 Å². The van der Waals surface area contributed by atoms with Crippen molar-refractivity contribution in [1.82, 2.24) is 14.5 Å². The molecule has 0 atom stereocenters. The lowest BCUT2D eigenvalue weighted by molar-refractivity contribution is -0.147. The number of alkyl halides is 6. The highest BCUT2D eigenvalue weighted by molar-refractivity contribution is 9.10. The molecule has 25 heavy (non-hydrogen) atoms. The summed E-state index contributed by atoms with van der Waals surface area (Å²) in [6.07, 6.45) is -10.7. The van der Waals surface area contributed by atoms with Gasteiger partial charge in [-0.15, -0.1) is 0 Å². The van der Waals surface area contributed by atoms with E-state index in [9.17, 15) is 31.1 Å². The minimum absolute atomic E-state index is 0.248. The van der Waals surface area contributed by atoms with Gasteiger partial charge in [0.1, 0.15) is 12.2 Å². The predicted octanol–water partition coefficient (Wildman–Crippen LogP) is 4.49. The Balaban J connectivity index is 2.73. The monoisotopic (exact) mass is 433 g/mol. The molecule has 1 aromatic heterocycles. The number of amides is 1. The van der Waals surface area contributed by atoms with Crippen LogP contribution < -0.4 is 0 Å². The predicted molar refractivity (Wildman–Crippen MR) is 77.6 cm³/mol. The Morgan fingerprint density at radius 2 is 1.84 bits per heavy atom. The van der Waals surface area contributed by atoms with Crippen molar-refractivity contribution in [3.63, 3.8) is 0 Å². The first kappa shape index (κ1) is 19.3. The van der Waals surface area contributed by atoms with Crippen LogP contribution in [-0.2, 0) is 23.8 Å². The van der Waals surface area contributed by atoms with Crippen LogP contribution in [0.1, 0.15) is 11.4 Å². The molecule has 2 aromatic rings. The number of aromatic nitrogens is 2. The SMILES string of the molecule is COC(=O)N(C)Cn1c(C(F)(F)F)nc2c(Br)cc(C(F)(F)F)cc21. The number of methoxy groups -OCH3 is 1. The second-order valence-corrected chi connectivity index (χ2v) is 5.85. The third kappa shape index (κ3) is 3.83. The van der Waals surface area contributed by atoms with E-state index in [0.717, 1.165) is 19.1 Å². The van der Waals surface area contributed by atoms with Gasteiger partial charge in [-0.25, -0.2) is 9.78 Å². The summed E-state index contributed by atoms with van der Waals surface area (Å²) in [5.74, 6) is -1.43. The van der Waals surface area contributed by atoms with Crippen molar-refractivity contribution in [2.75, 3.05) is 14.2 Å². The molecule has 0 N–H and O–H groups in total. The molecule has 0 saturated heterocycles. The fraction of sp³-hybridized carbons (Fsp3) is 0.385. The second-order valence-electron chi connectivity index (χ2n) is 4.99. The van der Waals surface area contributed by atoms with Crippen molar-refractivity contribution in [1.29, 1.82) is 0 Å². The van der Waals surface area contributed by atoms with Crippen LogP contribution in [0.15, 0.2) is 16.6 Å².